The van der Waals surface area contributed by atoms with Crippen molar-refractivity contribution < 1.29 is 23.8 Å². The minimum Gasteiger partial charge on any atom is -0.493 e. The molecule has 26 heavy (non-hydrogen) atoms. The van der Waals surface area contributed by atoms with Gasteiger partial charge in [-0.05, 0) is 42.0 Å². The van der Waals surface area contributed by atoms with Crippen LogP contribution in [0.5, 0.6) is 11.5 Å². The van der Waals surface area contributed by atoms with Gasteiger partial charge in [0.25, 0.3) is 0 Å². The maximum absolute atomic E-state index is 12.3. The largest absolute Gasteiger partial charge is 0.493 e. The van der Waals surface area contributed by atoms with Crippen molar-refractivity contribution in [2.24, 2.45) is 0 Å². The van der Waals surface area contributed by atoms with Crippen LogP contribution in [0.15, 0.2) is 42.5 Å². The van der Waals surface area contributed by atoms with Crippen LogP contribution in [0.25, 0.3) is 0 Å². The fraction of sp³-hybridized carbons (Fsp3) is 0.263. The zero-order chi connectivity index (χ0) is 19.1. The topological polar surface area (TPSA) is 77.1 Å². The van der Waals surface area contributed by atoms with Crippen molar-refractivity contribution in [2.75, 3.05) is 33.7 Å². The first-order valence-electron chi connectivity index (χ1n) is 7.90. The molecule has 0 saturated heterocycles. The van der Waals surface area contributed by atoms with Gasteiger partial charge in [-0.25, -0.2) is 9.59 Å². The Morgan fingerprint density at radius 2 is 1.62 bits per heavy atom. The summed E-state index contributed by atoms with van der Waals surface area (Å²) in [6.45, 7) is 0.395. The van der Waals surface area contributed by atoms with Crippen LogP contribution in [-0.2, 0) is 11.3 Å². The fourth-order valence-electron chi connectivity index (χ4n) is 2.35. The van der Waals surface area contributed by atoms with Gasteiger partial charge in [0.2, 0.25) is 0 Å². The summed E-state index contributed by atoms with van der Waals surface area (Å²) < 4.78 is 15.1. The first-order valence-corrected chi connectivity index (χ1v) is 7.90. The Bertz CT molecular complexity index is 774. The van der Waals surface area contributed by atoms with E-state index in [4.69, 9.17) is 9.47 Å². The smallest absolute Gasteiger partial charge is 0.337 e. The Kier molecular flexibility index (Phi) is 6.43. The molecule has 2 rings (SSSR count). The molecule has 0 aliphatic heterocycles. The number of urea groups is 1. The molecule has 0 atom stereocenters. The van der Waals surface area contributed by atoms with Crippen LogP contribution in [0.4, 0.5) is 10.5 Å². The standard InChI is InChI=1S/C19H22N2O5/c1-21(12-13-5-10-16(24-2)17(11-13)25-3)19(23)20-15-8-6-14(7-9-15)18(22)26-4/h5-11H,12H2,1-4H3,(H,20,23). The van der Waals surface area contributed by atoms with Gasteiger partial charge in [-0.3, -0.25) is 0 Å². The summed E-state index contributed by atoms with van der Waals surface area (Å²) >= 11 is 0. The van der Waals surface area contributed by atoms with Gasteiger partial charge in [0.15, 0.2) is 11.5 Å². The van der Waals surface area contributed by atoms with E-state index >= 15 is 0 Å². The number of benzene rings is 2. The number of amides is 2. The molecule has 138 valence electrons. The third-order valence-electron chi connectivity index (χ3n) is 3.77. The second-order valence-electron chi connectivity index (χ2n) is 5.54. The molecule has 0 heterocycles. The molecule has 0 radical (unpaired) electrons. The molecule has 0 bridgehead atoms. The highest BCUT2D eigenvalue weighted by Crippen LogP contribution is 2.28. The lowest BCUT2D eigenvalue weighted by Crippen LogP contribution is -2.30. The number of hydrogen-bond acceptors (Lipinski definition) is 5. The highest BCUT2D eigenvalue weighted by molar-refractivity contribution is 5.92. The van der Waals surface area contributed by atoms with Gasteiger partial charge in [-0.1, -0.05) is 6.07 Å². The van der Waals surface area contributed by atoms with Crippen LogP contribution >= 0.6 is 0 Å². The van der Waals surface area contributed by atoms with Crippen LogP contribution in [0, 0.1) is 0 Å². The molecule has 0 fully saturated rings. The lowest BCUT2D eigenvalue weighted by atomic mass is 10.2. The Balaban J connectivity index is 2.00. The van der Waals surface area contributed by atoms with E-state index < -0.39 is 5.97 Å². The summed E-state index contributed by atoms with van der Waals surface area (Å²) in [4.78, 5) is 25.3. The maximum Gasteiger partial charge on any atom is 0.337 e. The zero-order valence-electron chi connectivity index (χ0n) is 15.2. The number of nitrogens with zero attached hydrogens (tertiary/aromatic N) is 1. The van der Waals surface area contributed by atoms with E-state index in [1.54, 1.807) is 51.6 Å². The molecule has 2 amide bonds. The summed E-state index contributed by atoms with van der Waals surface area (Å²) in [5.41, 5.74) is 1.91. The van der Waals surface area contributed by atoms with Crippen molar-refractivity contribution in [2.45, 2.75) is 6.54 Å². The lowest BCUT2D eigenvalue weighted by Gasteiger charge is -2.19. The van der Waals surface area contributed by atoms with E-state index in [2.05, 4.69) is 10.1 Å². The Morgan fingerprint density at radius 1 is 0.962 bits per heavy atom. The van der Waals surface area contributed by atoms with Gasteiger partial charge in [0.1, 0.15) is 0 Å². The quantitative estimate of drug-likeness (QED) is 0.803. The molecule has 0 spiro atoms. The lowest BCUT2D eigenvalue weighted by molar-refractivity contribution is 0.0600. The van der Waals surface area contributed by atoms with Crippen LogP contribution in [0.3, 0.4) is 0 Å². The number of methoxy groups -OCH3 is 3. The van der Waals surface area contributed by atoms with E-state index in [0.717, 1.165) is 5.56 Å². The van der Waals surface area contributed by atoms with E-state index in [0.29, 0.717) is 29.3 Å². The molecule has 0 saturated carbocycles. The van der Waals surface area contributed by atoms with Gasteiger partial charge >= 0.3 is 12.0 Å². The molecule has 0 aromatic heterocycles. The van der Waals surface area contributed by atoms with Gasteiger partial charge in [0, 0.05) is 19.3 Å². The molecule has 7 nitrogen and oxygen atoms in total. The van der Waals surface area contributed by atoms with Crippen LogP contribution in [-0.4, -0.2) is 45.3 Å². The normalized spacial score (nSPS) is 10.0. The van der Waals surface area contributed by atoms with E-state index in [9.17, 15) is 9.59 Å². The number of rotatable bonds is 6. The van der Waals surface area contributed by atoms with Crippen molar-refractivity contribution >= 4 is 17.7 Å². The molecule has 0 aliphatic carbocycles. The SMILES string of the molecule is COC(=O)c1ccc(NC(=O)N(C)Cc2ccc(OC)c(OC)c2)cc1. The van der Waals surface area contributed by atoms with Crippen LogP contribution < -0.4 is 14.8 Å². The van der Waals surface area contributed by atoms with Crippen molar-refractivity contribution in [1.82, 2.24) is 4.90 Å². The highest BCUT2D eigenvalue weighted by Gasteiger charge is 2.12. The van der Waals surface area contributed by atoms with E-state index in [1.807, 2.05) is 12.1 Å². The molecule has 2 aromatic carbocycles. The number of anilines is 1. The van der Waals surface area contributed by atoms with Gasteiger partial charge in [-0.2, -0.15) is 0 Å². The second kappa shape index (κ2) is 8.75. The van der Waals surface area contributed by atoms with Crippen LogP contribution in [0.1, 0.15) is 15.9 Å². The number of carbonyl (C=O) groups is 2. The van der Waals surface area contributed by atoms with Gasteiger partial charge in [0.05, 0.1) is 26.9 Å². The Hall–Kier alpha value is -3.22. The zero-order valence-corrected chi connectivity index (χ0v) is 15.2. The summed E-state index contributed by atoms with van der Waals surface area (Å²) in [5, 5.41) is 2.78. The summed E-state index contributed by atoms with van der Waals surface area (Å²) in [7, 11) is 6.15. The van der Waals surface area contributed by atoms with Crippen LogP contribution in [0.2, 0.25) is 0 Å². The summed E-state index contributed by atoms with van der Waals surface area (Å²) in [5.74, 6) is 0.819. The third kappa shape index (κ3) is 4.66. The van der Waals surface area contributed by atoms with Crippen molar-refractivity contribution in [3.05, 3.63) is 53.6 Å². The number of esters is 1. The minimum atomic E-state index is -0.423. The Morgan fingerprint density at radius 3 is 2.19 bits per heavy atom. The van der Waals surface area contributed by atoms with Crippen molar-refractivity contribution in [3.8, 4) is 11.5 Å². The average Bonchev–Trinajstić information content (AvgIpc) is 2.67. The predicted molar refractivity (Wildman–Crippen MR) is 97.8 cm³/mol. The molecule has 7 heteroatoms. The molecular formula is C19H22N2O5. The predicted octanol–water partition coefficient (Wildman–Crippen LogP) is 3.15. The summed E-state index contributed by atoms with van der Waals surface area (Å²) in [6.07, 6.45) is 0. The average molecular weight is 358 g/mol. The first kappa shape index (κ1) is 19.1. The van der Waals surface area contributed by atoms with E-state index in [1.165, 1.54) is 12.0 Å². The fourth-order valence-corrected chi connectivity index (χ4v) is 2.35. The number of hydrogen-bond donors (Lipinski definition) is 1. The second-order valence-corrected chi connectivity index (χ2v) is 5.54. The van der Waals surface area contributed by atoms with E-state index in [-0.39, 0.29) is 6.03 Å². The van der Waals surface area contributed by atoms with Gasteiger partial charge in [-0.15, -0.1) is 0 Å². The minimum absolute atomic E-state index is 0.273. The molecule has 0 aliphatic rings. The molecular weight excluding hydrogens is 336 g/mol. The molecule has 2 aromatic rings. The number of ether oxygens (including phenoxy) is 3. The molecule has 0 unspecified atom stereocenters. The first-order chi connectivity index (χ1) is 12.5. The third-order valence-corrected chi connectivity index (χ3v) is 3.77. The summed E-state index contributed by atoms with van der Waals surface area (Å²) in [6, 6.07) is 11.7. The Labute approximate surface area is 152 Å². The number of carbonyl (C=O) groups excluding carboxylic acids is 2. The van der Waals surface area contributed by atoms with Gasteiger partial charge < -0.3 is 24.4 Å². The number of nitrogens with one attached hydrogen (secondary N) is 1. The van der Waals surface area contributed by atoms with Crippen molar-refractivity contribution in [3.63, 3.8) is 0 Å². The maximum atomic E-state index is 12.3. The highest BCUT2D eigenvalue weighted by atomic mass is 16.5. The molecule has 1 N–H and O–H groups in total. The monoisotopic (exact) mass is 358 g/mol. The van der Waals surface area contributed by atoms with Crippen molar-refractivity contribution in [1.29, 1.82) is 0 Å².